The summed E-state index contributed by atoms with van der Waals surface area (Å²) in [6.07, 6.45) is 6.91. The van der Waals surface area contributed by atoms with E-state index in [1.807, 2.05) is 4.90 Å². The van der Waals surface area contributed by atoms with Gasteiger partial charge in [0, 0.05) is 18.7 Å². The Morgan fingerprint density at radius 3 is 2.84 bits per heavy atom. The molecule has 9 nitrogen and oxygen atoms in total. The van der Waals surface area contributed by atoms with Crippen molar-refractivity contribution in [3.05, 3.63) is 23.8 Å². The van der Waals surface area contributed by atoms with Gasteiger partial charge in [-0.1, -0.05) is 38.5 Å². The van der Waals surface area contributed by atoms with Crippen LogP contribution in [-0.4, -0.2) is 52.9 Å². The van der Waals surface area contributed by atoms with E-state index >= 15 is 0 Å². The third-order valence-electron chi connectivity index (χ3n) is 6.27. The molecule has 3 aliphatic rings. The number of hydrogen-bond donors (Lipinski definition) is 3. The smallest absolute Gasteiger partial charge is 0.307 e. The standard InChI is InChI=1S/C23H30N4O5/c28-20-14-27-13-16-11-17(8-9-18(16)25-23(27)26-20)32-19(12-21(29)30)22(31)24-10-4-3-7-15-5-1-2-6-15/h8-9,11,15,19H,1-7,10,12-14H2,(H,24,31)(H,29,30)(H,25,26,28). The highest BCUT2D eigenvalue weighted by atomic mass is 16.5. The number of fused-ring (bicyclic) bond motifs is 2. The second-order valence-electron chi connectivity index (χ2n) is 8.77. The average molecular weight is 443 g/mol. The molecule has 2 aliphatic heterocycles. The maximum atomic E-state index is 12.6. The van der Waals surface area contributed by atoms with Crippen LogP contribution in [0, 0.1) is 5.92 Å². The highest BCUT2D eigenvalue weighted by Gasteiger charge is 2.30. The fourth-order valence-corrected chi connectivity index (χ4v) is 4.60. The summed E-state index contributed by atoms with van der Waals surface area (Å²) in [6.45, 7) is 1.25. The lowest BCUT2D eigenvalue weighted by atomic mass is 10.0. The van der Waals surface area contributed by atoms with Crippen LogP contribution in [-0.2, 0) is 20.9 Å². The molecule has 2 fully saturated rings. The van der Waals surface area contributed by atoms with Crippen LogP contribution < -0.4 is 15.4 Å². The maximum Gasteiger partial charge on any atom is 0.307 e. The van der Waals surface area contributed by atoms with Crippen molar-refractivity contribution in [2.24, 2.45) is 10.9 Å². The fraction of sp³-hybridized carbons (Fsp3) is 0.565. The Morgan fingerprint density at radius 2 is 2.06 bits per heavy atom. The lowest BCUT2D eigenvalue weighted by molar-refractivity contribution is -0.143. The summed E-state index contributed by atoms with van der Waals surface area (Å²) >= 11 is 0. The van der Waals surface area contributed by atoms with E-state index in [4.69, 9.17) is 4.74 Å². The van der Waals surface area contributed by atoms with Crippen molar-refractivity contribution < 1.29 is 24.2 Å². The minimum atomic E-state index is -1.11. The quantitative estimate of drug-likeness (QED) is 0.478. The van der Waals surface area contributed by atoms with Crippen LogP contribution in [0.3, 0.4) is 0 Å². The SMILES string of the molecule is O=C(O)CC(Oc1ccc2c(c1)CN1CC(=O)NC1=N2)C(=O)NCCCCC1CCCC1. The summed E-state index contributed by atoms with van der Waals surface area (Å²) in [4.78, 5) is 41.7. The van der Waals surface area contributed by atoms with Crippen molar-refractivity contribution in [2.45, 2.75) is 64.0 Å². The number of aliphatic imine (C=N–C) groups is 1. The predicted octanol–water partition coefficient (Wildman–Crippen LogP) is 2.32. The number of nitrogens with zero attached hydrogens (tertiary/aromatic N) is 2. The van der Waals surface area contributed by atoms with E-state index in [9.17, 15) is 19.5 Å². The van der Waals surface area contributed by atoms with Crippen molar-refractivity contribution in [1.82, 2.24) is 15.5 Å². The number of aliphatic carboxylic acids is 1. The molecule has 1 aromatic carbocycles. The molecule has 1 atom stereocenters. The molecular formula is C23H30N4O5. The molecule has 3 N–H and O–H groups in total. The summed E-state index contributed by atoms with van der Waals surface area (Å²) in [7, 11) is 0. The minimum Gasteiger partial charge on any atom is -0.481 e. The van der Waals surface area contributed by atoms with Crippen LogP contribution >= 0.6 is 0 Å². The van der Waals surface area contributed by atoms with Crippen LogP contribution in [0.25, 0.3) is 0 Å². The van der Waals surface area contributed by atoms with Crippen LogP contribution in [0.15, 0.2) is 23.2 Å². The number of ether oxygens (including phenoxy) is 1. The number of unbranched alkanes of at least 4 members (excludes halogenated alkanes) is 1. The molecule has 1 saturated carbocycles. The van der Waals surface area contributed by atoms with Gasteiger partial charge in [0.2, 0.25) is 11.9 Å². The molecule has 1 aromatic rings. The number of carbonyl (C=O) groups excluding carboxylic acids is 2. The molecule has 2 amide bonds. The second kappa shape index (κ2) is 10.0. The molecule has 0 radical (unpaired) electrons. The lowest BCUT2D eigenvalue weighted by Crippen LogP contribution is -2.40. The molecule has 172 valence electrons. The Balaban J connectivity index is 1.31. The van der Waals surface area contributed by atoms with Crippen molar-refractivity contribution in [3.63, 3.8) is 0 Å². The Kier molecular flexibility index (Phi) is 6.92. The van der Waals surface area contributed by atoms with E-state index in [1.165, 1.54) is 32.1 Å². The highest BCUT2D eigenvalue weighted by Crippen LogP contribution is 2.31. The molecule has 0 bridgehead atoms. The van der Waals surface area contributed by atoms with Gasteiger partial charge in [-0.05, 0) is 30.5 Å². The number of benzene rings is 1. The van der Waals surface area contributed by atoms with E-state index in [0.717, 1.165) is 24.3 Å². The maximum absolute atomic E-state index is 12.6. The number of nitrogens with one attached hydrogen (secondary N) is 2. The second-order valence-corrected chi connectivity index (χ2v) is 8.77. The molecular weight excluding hydrogens is 412 g/mol. The summed E-state index contributed by atoms with van der Waals surface area (Å²) < 4.78 is 5.78. The van der Waals surface area contributed by atoms with Gasteiger partial charge in [-0.25, -0.2) is 4.99 Å². The van der Waals surface area contributed by atoms with Crippen LogP contribution in [0.4, 0.5) is 5.69 Å². The summed E-state index contributed by atoms with van der Waals surface area (Å²) in [5.41, 5.74) is 1.57. The number of carboxylic acids is 1. The first kappa shape index (κ1) is 22.1. The van der Waals surface area contributed by atoms with Gasteiger partial charge in [-0.3, -0.25) is 19.7 Å². The first-order valence-electron chi connectivity index (χ1n) is 11.4. The number of carbonyl (C=O) groups is 3. The topological polar surface area (TPSA) is 120 Å². The van der Waals surface area contributed by atoms with E-state index in [2.05, 4.69) is 15.6 Å². The lowest BCUT2D eigenvalue weighted by Gasteiger charge is -2.24. The van der Waals surface area contributed by atoms with Gasteiger partial charge in [0.15, 0.2) is 6.10 Å². The largest absolute Gasteiger partial charge is 0.481 e. The van der Waals surface area contributed by atoms with Gasteiger partial charge in [0.05, 0.1) is 12.1 Å². The number of carboxylic acid groups (broad SMARTS) is 1. The normalized spacial score (nSPS) is 18.4. The fourth-order valence-electron chi connectivity index (χ4n) is 4.60. The van der Waals surface area contributed by atoms with Crippen LogP contribution in [0.1, 0.15) is 56.9 Å². The Hall–Kier alpha value is -3.10. The summed E-state index contributed by atoms with van der Waals surface area (Å²) in [5.74, 6) is 0.152. The molecule has 1 unspecified atom stereocenters. The number of hydrogen-bond acceptors (Lipinski definition) is 6. The zero-order valence-electron chi connectivity index (χ0n) is 18.1. The molecule has 4 rings (SSSR count). The van der Waals surface area contributed by atoms with Crippen molar-refractivity contribution >= 4 is 29.4 Å². The monoisotopic (exact) mass is 442 g/mol. The van der Waals surface area contributed by atoms with Gasteiger partial charge in [0.1, 0.15) is 12.3 Å². The van der Waals surface area contributed by atoms with Gasteiger partial charge in [0.25, 0.3) is 5.91 Å². The Bertz CT molecular complexity index is 910. The molecule has 0 aromatic heterocycles. The number of rotatable bonds is 10. The first-order chi connectivity index (χ1) is 15.5. The molecule has 1 saturated heterocycles. The zero-order chi connectivity index (χ0) is 22.5. The summed E-state index contributed by atoms with van der Waals surface area (Å²) in [6, 6.07) is 5.17. The van der Waals surface area contributed by atoms with Crippen molar-refractivity contribution in [2.75, 3.05) is 13.1 Å². The Morgan fingerprint density at radius 1 is 1.25 bits per heavy atom. The number of guanidine groups is 1. The number of amides is 2. The molecule has 9 heteroatoms. The van der Waals surface area contributed by atoms with Gasteiger partial charge in [-0.2, -0.15) is 0 Å². The van der Waals surface area contributed by atoms with E-state index in [-0.39, 0.29) is 12.5 Å². The van der Waals surface area contributed by atoms with Crippen molar-refractivity contribution in [1.29, 1.82) is 0 Å². The molecule has 32 heavy (non-hydrogen) atoms. The van der Waals surface area contributed by atoms with Crippen LogP contribution in [0.5, 0.6) is 5.75 Å². The third kappa shape index (κ3) is 5.57. The summed E-state index contributed by atoms with van der Waals surface area (Å²) in [5, 5.41) is 14.8. The average Bonchev–Trinajstić information content (AvgIpc) is 3.39. The molecule has 1 aliphatic carbocycles. The molecule has 2 heterocycles. The van der Waals surface area contributed by atoms with Gasteiger partial charge in [-0.15, -0.1) is 0 Å². The third-order valence-corrected chi connectivity index (χ3v) is 6.27. The van der Waals surface area contributed by atoms with E-state index in [0.29, 0.717) is 30.5 Å². The molecule has 0 spiro atoms. The minimum absolute atomic E-state index is 0.102. The van der Waals surface area contributed by atoms with E-state index in [1.54, 1.807) is 18.2 Å². The zero-order valence-corrected chi connectivity index (χ0v) is 18.1. The van der Waals surface area contributed by atoms with Crippen LogP contribution in [0.2, 0.25) is 0 Å². The van der Waals surface area contributed by atoms with Gasteiger partial charge >= 0.3 is 5.97 Å². The predicted molar refractivity (Wildman–Crippen MR) is 118 cm³/mol. The van der Waals surface area contributed by atoms with Gasteiger partial charge < -0.3 is 20.1 Å². The van der Waals surface area contributed by atoms with Crippen molar-refractivity contribution in [3.8, 4) is 5.75 Å². The van der Waals surface area contributed by atoms with E-state index < -0.39 is 24.4 Å². The Labute approximate surface area is 187 Å². The highest BCUT2D eigenvalue weighted by molar-refractivity contribution is 6.05. The first-order valence-corrected chi connectivity index (χ1v) is 11.4.